The van der Waals surface area contributed by atoms with Gasteiger partial charge in [0.1, 0.15) is 0 Å². The molecule has 1 heterocycles. The van der Waals surface area contributed by atoms with Gasteiger partial charge in [-0.15, -0.1) is 0 Å². The van der Waals surface area contributed by atoms with Gasteiger partial charge in [-0.25, -0.2) is 0 Å². The molecule has 1 aromatic rings. The van der Waals surface area contributed by atoms with E-state index in [-0.39, 0.29) is 6.04 Å². The first-order chi connectivity index (χ1) is 7.97. The number of H-pyrrole nitrogens is 1. The Balaban J connectivity index is 2.46. The number of nitrogens with one attached hydrogen (secondary N) is 1. The van der Waals surface area contributed by atoms with Crippen molar-refractivity contribution in [2.24, 2.45) is 5.73 Å². The molecule has 0 radical (unpaired) electrons. The van der Waals surface area contributed by atoms with Crippen molar-refractivity contribution in [2.75, 3.05) is 0 Å². The predicted octanol–water partition coefficient (Wildman–Crippen LogP) is 1.86. The molecule has 4 N–H and O–H groups in total. The first kappa shape index (κ1) is 12.2. The molecule has 0 atom stereocenters. The summed E-state index contributed by atoms with van der Waals surface area (Å²) in [5.74, 6) is -0.713. The van der Waals surface area contributed by atoms with E-state index >= 15 is 0 Å². The molecule has 0 amide bonds. The van der Waals surface area contributed by atoms with E-state index in [0.717, 1.165) is 29.7 Å². The van der Waals surface area contributed by atoms with Crippen LogP contribution in [-0.2, 0) is 10.2 Å². The number of carbonyl (C=O) groups is 1. The van der Waals surface area contributed by atoms with Crippen LogP contribution in [0.4, 0.5) is 0 Å². The topological polar surface area (TPSA) is 79.1 Å². The lowest BCUT2D eigenvalue weighted by atomic mass is 9.67. The highest BCUT2D eigenvalue weighted by Crippen LogP contribution is 2.42. The maximum Gasteiger partial charge on any atom is 0.314 e. The Morgan fingerprint density at radius 3 is 2.47 bits per heavy atom. The van der Waals surface area contributed by atoms with Gasteiger partial charge in [0.05, 0.1) is 5.41 Å². The lowest BCUT2D eigenvalue weighted by molar-refractivity contribution is -0.145. The molecule has 1 saturated carbocycles. The highest BCUT2D eigenvalue weighted by atomic mass is 16.4. The van der Waals surface area contributed by atoms with Crippen molar-refractivity contribution in [3.05, 3.63) is 23.0 Å². The molecule has 0 bridgehead atoms. The summed E-state index contributed by atoms with van der Waals surface area (Å²) in [7, 11) is 0. The third-order valence-corrected chi connectivity index (χ3v) is 4.05. The zero-order chi connectivity index (χ0) is 12.6. The van der Waals surface area contributed by atoms with Gasteiger partial charge < -0.3 is 15.8 Å². The summed E-state index contributed by atoms with van der Waals surface area (Å²) >= 11 is 0. The molecule has 1 aliphatic carbocycles. The number of aromatic amines is 1. The third-order valence-electron chi connectivity index (χ3n) is 4.05. The Labute approximate surface area is 101 Å². The van der Waals surface area contributed by atoms with Crippen LogP contribution >= 0.6 is 0 Å². The molecule has 0 unspecified atom stereocenters. The zero-order valence-electron chi connectivity index (χ0n) is 10.4. The molecule has 2 rings (SSSR count). The van der Waals surface area contributed by atoms with E-state index in [1.165, 1.54) is 0 Å². The van der Waals surface area contributed by atoms with E-state index in [1.807, 2.05) is 20.0 Å². The number of carboxylic acid groups (broad SMARTS) is 1. The summed E-state index contributed by atoms with van der Waals surface area (Å²) < 4.78 is 0. The number of hydrogen-bond acceptors (Lipinski definition) is 2. The fourth-order valence-corrected chi connectivity index (χ4v) is 3.10. The molecule has 1 aromatic heterocycles. The van der Waals surface area contributed by atoms with Crippen LogP contribution in [0.25, 0.3) is 0 Å². The molecule has 17 heavy (non-hydrogen) atoms. The minimum absolute atomic E-state index is 0.155. The van der Waals surface area contributed by atoms with Gasteiger partial charge in [-0.05, 0) is 50.7 Å². The normalized spacial score (nSPS) is 29.2. The molecule has 4 nitrogen and oxygen atoms in total. The second-order valence-electron chi connectivity index (χ2n) is 5.20. The van der Waals surface area contributed by atoms with Crippen molar-refractivity contribution in [1.29, 1.82) is 0 Å². The summed E-state index contributed by atoms with van der Waals surface area (Å²) in [6.45, 7) is 3.92. The molecule has 0 aliphatic heterocycles. The van der Waals surface area contributed by atoms with Gasteiger partial charge in [-0.3, -0.25) is 4.79 Å². The van der Waals surface area contributed by atoms with Gasteiger partial charge in [0.2, 0.25) is 0 Å². The second kappa shape index (κ2) is 4.18. The summed E-state index contributed by atoms with van der Waals surface area (Å²) in [4.78, 5) is 14.9. The Morgan fingerprint density at radius 1 is 1.47 bits per heavy atom. The molecule has 4 heteroatoms. The molecule has 0 aromatic carbocycles. The van der Waals surface area contributed by atoms with E-state index < -0.39 is 11.4 Å². The van der Waals surface area contributed by atoms with E-state index in [4.69, 9.17) is 5.73 Å². The number of aromatic nitrogens is 1. The molecule has 0 spiro atoms. The Kier molecular flexibility index (Phi) is 3.00. The number of rotatable bonds is 2. The van der Waals surface area contributed by atoms with E-state index in [0.29, 0.717) is 12.8 Å². The maximum absolute atomic E-state index is 11.7. The summed E-state index contributed by atoms with van der Waals surface area (Å²) in [6.07, 6.45) is 4.75. The Morgan fingerprint density at radius 2 is 2.06 bits per heavy atom. The third kappa shape index (κ3) is 1.86. The number of carboxylic acids is 1. The monoisotopic (exact) mass is 236 g/mol. The van der Waals surface area contributed by atoms with Crippen LogP contribution in [0.5, 0.6) is 0 Å². The van der Waals surface area contributed by atoms with Gasteiger partial charge in [-0.2, -0.15) is 0 Å². The average molecular weight is 236 g/mol. The fourth-order valence-electron chi connectivity index (χ4n) is 3.10. The van der Waals surface area contributed by atoms with Gasteiger partial charge in [0, 0.05) is 17.9 Å². The average Bonchev–Trinajstić information content (AvgIpc) is 2.61. The molecular formula is C13H20N2O2. The first-order valence-corrected chi connectivity index (χ1v) is 6.11. The highest BCUT2D eigenvalue weighted by Gasteiger charge is 2.45. The minimum atomic E-state index is -0.732. The second-order valence-corrected chi connectivity index (χ2v) is 5.20. The van der Waals surface area contributed by atoms with Crippen molar-refractivity contribution >= 4 is 5.97 Å². The first-order valence-electron chi connectivity index (χ1n) is 6.11. The summed E-state index contributed by atoms with van der Waals surface area (Å²) in [5, 5.41) is 9.64. The van der Waals surface area contributed by atoms with Crippen LogP contribution in [0.15, 0.2) is 6.20 Å². The number of aliphatic carboxylic acids is 1. The van der Waals surface area contributed by atoms with Crippen LogP contribution in [0.3, 0.4) is 0 Å². The van der Waals surface area contributed by atoms with Gasteiger partial charge in [0.25, 0.3) is 0 Å². The Hall–Kier alpha value is -1.29. The lowest BCUT2D eigenvalue weighted by Gasteiger charge is -2.36. The van der Waals surface area contributed by atoms with Gasteiger partial charge in [-0.1, -0.05) is 0 Å². The lowest BCUT2D eigenvalue weighted by Crippen LogP contribution is -2.43. The molecule has 1 aliphatic rings. The summed E-state index contributed by atoms with van der Waals surface area (Å²) in [5.41, 5.74) is 8.14. The van der Waals surface area contributed by atoms with Crippen molar-refractivity contribution in [3.63, 3.8) is 0 Å². The van der Waals surface area contributed by atoms with Crippen LogP contribution in [0.2, 0.25) is 0 Å². The van der Waals surface area contributed by atoms with Crippen LogP contribution in [-0.4, -0.2) is 22.1 Å². The number of hydrogen-bond donors (Lipinski definition) is 3. The molecule has 1 fully saturated rings. The largest absolute Gasteiger partial charge is 0.481 e. The van der Waals surface area contributed by atoms with Crippen LogP contribution in [0.1, 0.15) is 42.5 Å². The van der Waals surface area contributed by atoms with E-state index in [2.05, 4.69) is 4.98 Å². The minimum Gasteiger partial charge on any atom is -0.481 e. The number of nitrogens with two attached hydrogens (primary N) is 1. The van der Waals surface area contributed by atoms with Crippen molar-refractivity contribution in [2.45, 2.75) is 51.0 Å². The van der Waals surface area contributed by atoms with Crippen LogP contribution in [0, 0.1) is 13.8 Å². The van der Waals surface area contributed by atoms with Gasteiger partial charge >= 0.3 is 5.97 Å². The SMILES string of the molecule is Cc1c[nH]c(C)c1C1(C(=O)O)CCC(N)CC1. The van der Waals surface area contributed by atoms with Crippen molar-refractivity contribution in [3.8, 4) is 0 Å². The number of aryl methyl sites for hydroxylation is 2. The standard InChI is InChI=1S/C13H20N2O2/c1-8-7-15-9(2)11(8)13(12(16)17)5-3-10(14)4-6-13/h7,10,15H,3-6,14H2,1-2H3,(H,16,17). The van der Waals surface area contributed by atoms with Gasteiger partial charge in [0.15, 0.2) is 0 Å². The summed E-state index contributed by atoms with van der Waals surface area (Å²) in [6, 6.07) is 0.155. The molecule has 0 saturated heterocycles. The highest BCUT2D eigenvalue weighted by molar-refractivity contribution is 5.82. The predicted molar refractivity (Wildman–Crippen MR) is 66.0 cm³/mol. The Bertz CT molecular complexity index is 409. The smallest absolute Gasteiger partial charge is 0.314 e. The molecular weight excluding hydrogens is 216 g/mol. The van der Waals surface area contributed by atoms with Crippen molar-refractivity contribution < 1.29 is 9.90 Å². The van der Waals surface area contributed by atoms with Crippen LogP contribution < -0.4 is 5.73 Å². The fraction of sp³-hybridized carbons (Fsp3) is 0.615. The van der Waals surface area contributed by atoms with Crippen molar-refractivity contribution in [1.82, 2.24) is 4.98 Å². The quantitative estimate of drug-likeness (QED) is 0.733. The zero-order valence-corrected chi connectivity index (χ0v) is 10.4. The van der Waals surface area contributed by atoms with E-state index in [9.17, 15) is 9.90 Å². The van der Waals surface area contributed by atoms with E-state index in [1.54, 1.807) is 0 Å². The molecule has 94 valence electrons. The maximum atomic E-state index is 11.7.